The van der Waals surface area contributed by atoms with E-state index in [4.69, 9.17) is 5.10 Å². The first-order valence-corrected chi connectivity index (χ1v) is 23.4. The molecule has 0 bridgehead atoms. The van der Waals surface area contributed by atoms with Gasteiger partial charge in [0.05, 0.1) is 17.4 Å². The van der Waals surface area contributed by atoms with Crippen molar-refractivity contribution in [1.82, 2.24) is 29.0 Å². The number of aromatic nitrogens is 4. The molecular weight excluding hydrogens is 729 g/mol. The molecule has 6 aliphatic rings. The van der Waals surface area contributed by atoms with Crippen LogP contribution in [0.3, 0.4) is 0 Å². The molecular formula is C47H66N6O3S. The van der Waals surface area contributed by atoms with Gasteiger partial charge >= 0.3 is 10.0 Å². The normalized spacial score (nSPS) is 36.1. The van der Waals surface area contributed by atoms with Crippen molar-refractivity contribution < 1.29 is 13.2 Å². The van der Waals surface area contributed by atoms with E-state index in [0.29, 0.717) is 17.7 Å². The molecule has 5 aliphatic carbocycles. The number of likely N-dealkylation sites (tertiary alicyclic amines) is 1. The molecule has 0 unspecified atom stereocenters. The summed E-state index contributed by atoms with van der Waals surface area (Å²) in [6.45, 7) is 20.2. The van der Waals surface area contributed by atoms with Crippen LogP contribution in [0.25, 0.3) is 0 Å². The number of carbonyl (C=O) groups is 1. The van der Waals surface area contributed by atoms with Crippen LogP contribution in [-0.2, 0) is 40.2 Å². The molecule has 1 aliphatic heterocycles. The summed E-state index contributed by atoms with van der Waals surface area (Å²) in [7, 11) is -2.12. The molecule has 9 nitrogen and oxygen atoms in total. The van der Waals surface area contributed by atoms with Gasteiger partial charge in [0, 0.05) is 50.5 Å². The van der Waals surface area contributed by atoms with Crippen LogP contribution in [0.2, 0.25) is 0 Å². The first-order chi connectivity index (χ1) is 26.8. The largest absolute Gasteiger partial charge is 0.353 e. The molecule has 10 heteroatoms. The van der Waals surface area contributed by atoms with Gasteiger partial charge in [-0.3, -0.25) is 9.69 Å². The molecule has 3 heterocycles. The van der Waals surface area contributed by atoms with E-state index < -0.39 is 10.0 Å². The SMILES string of the molecule is Cn1cnc(S(=O)(=O)n2cc3c(n2)C(C)(C)[C@H]2CC[C@@]4(C)[C@@H](CC=C5[C@H]6CC(C)(C)CC[C@@]6(C(=O)NC6CCN(Cc7ccccc7)CC6)CC[C@@]54C)[C@]2(C)C3)c1. The smallest absolute Gasteiger partial charge is 0.301 e. The Labute approximate surface area is 341 Å². The number of hydrogen-bond donors (Lipinski definition) is 1. The average molecular weight is 795 g/mol. The highest BCUT2D eigenvalue weighted by Gasteiger charge is 2.69. The number of nitrogens with one attached hydrogen (secondary N) is 1. The molecule has 1 saturated heterocycles. The molecule has 0 radical (unpaired) electrons. The Morgan fingerprint density at radius 3 is 2.32 bits per heavy atom. The maximum absolute atomic E-state index is 14.9. The number of rotatable bonds is 6. The van der Waals surface area contributed by atoms with Gasteiger partial charge in [-0.1, -0.05) is 90.4 Å². The van der Waals surface area contributed by atoms with Gasteiger partial charge < -0.3 is 9.88 Å². The van der Waals surface area contributed by atoms with Crippen molar-refractivity contribution in [3.8, 4) is 0 Å². The lowest BCUT2D eigenvalue weighted by molar-refractivity contribution is -0.168. The van der Waals surface area contributed by atoms with Crippen molar-refractivity contribution in [2.45, 2.75) is 142 Å². The highest BCUT2D eigenvalue weighted by atomic mass is 32.2. The predicted octanol–water partition coefficient (Wildman–Crippen LogP) is 8.45. The topological polar surface area (TPSA) is 102 Å². The molecule has 3 saturated carbocycles. The number of imidazole rings is 1. The lowest BCUT2D eigenvalue weighted by atomic mass is 9.33. The van der Waals surface area contributed by atoms with Gasteiger partial charge in [-0.05, 0) is 121 Å². The molecule has 1 N–H and O–H groups in total. The highest BCUT2D eigenvalue weighted by molar-refractivity contribution is 7.89. The van der Waals surface area contributed by atoms with Gasteiger partial charge in [0.2, 0.25) is 5.91 Å². The molecule has 57 heavy (non-hydrogen) atoms. The van der Waals surface area contributed by atoms with Gasteiger partial charge in [0.1, 0.15) is 0 Å². The summed E-state index contributed by atoms with van der Waals surface area (Å²) in [6.07, 6.45) is 18.7. The first-order valence-electron chi connectivity index (χ1n) is 21.9. The maximum atomic E-state index is 14.9. The Bertz CT molecular complexity index is 2200. The van der Waals surface area contributed by atoms with Crippen LogP contribution < -0.4 is 5.32 Å². The van der Waals surface area contributed by atoms with Gasteiger partial charge in [-0.15, -0.1) is 0 Å². The lowest BCUT2D eigenvalue weighted by Gasteiger charge is -2.70. The summed E-state index contributed by atoms with van der Waals surface area (Å²) < 4.78 is 30.4. The minimum absolute atomic E-state index is 0.00847. The van der Waals surface area contributed by atoms with Crippen LogP contribution in [0.5, 0.6) is 0 Å². The molecule has 3 aromatic rings. The zero-order chi connectivity index (χ0) is 40.4. The Morgan fingerprint density at radius 1 is 0.895 bits per heavy atom. The number of benzene rings is 1. The van der Waals surface area contributed by atoms with Gasteiger partial charge in [-0.25, -0.2) is 4.98 Å². The van der Waals surface area contributed by atoms with Crippen molar-refractivity contribution in [1.29, 1.82) is 0 Å². The molecule has 4 fully saturated rings. The molecule has 1 amide bonds. The van der Waals surface area contributed by atoms with Crippen LogP contribution in [0.4, 0.5) is 0 Å². The van der Waals surface area contributed by atoms with Crippen LogP contribution in [-0.4, -0.2) is 57.1 Å². The van der Waals surface area contributed by atoms with Crippen molar-refractivity contribution in [3.63, 3.8) is 0 Å². The number of hydrogen-bond acceptors (Lipinski definition) is 6. The Balaban J connectivity index is 0.998. The third-order valence-electron chi connectivity index (χ3n) is 17.5. The number of aryl methyl sites for hydroxylation is 1. The number of fused-ring (bicyclic) bond motifs is 8. The molecule has 9 rings (SSSR count). The van der Waals surface area contributed by atoms with Crippen molar-refractivity contribution in [2.24, 2.45) is 51.9 Å². The Morgan fingerprint density at radius 2 is 1.61 bits per heavy atom. The van der Waals surface area contributed by atoms with E-state index in [0.717, 1.165) is 102 Å². The summed E-state index contributed by atoms with van der Waals surface area (Å²) >= 11 is 0. The maximum Gasteiger partial charge on any atom is 0.301 e. The Hall–Kier alpha value is -3.24. The van der Waals surface area contributed by atoms with Gasteiger partial charge in [0.15, 0.2) is 5.03 Å². The van der Waals surface area contributed by atoms with E-state index in [1.807, 2.05) is 0 Å². The number of piperidine rings is 1. The highest BCUT2D eigenvalue weighted by Crippen LogP contribution is 2.75. The molecule has 7 atom stereocenters. The summed E-state index contributed by atoms with van der Waals surface area (Å²) in [5.41, 5.74) is 4.49. The summed E-state index contributed by atoms with van der Waals surface area (Å²) in [5.74, 6) is 1.39. The second kappa shape index (κ2) is 13.1. The second-order valence-corrected chi connectivity index (χ2v) is 23.3. The molecule has 0 spiro atoms. The average Bonchev–Trinajstić information content (AvgIpc) is 3.80. The minimum atomic E-state index is -3.90. The quantitative estimate of drug-likeness (QED) is 0.252. The summed E-state index contributed by atoms with van der Waals surface area (Å²) in [6, 6.07) is 11.0. The Kier molecular flexibility index (Phi) is 9.04. The first kappa shape index (κ1) is 39.2. The van der Waals surface area contributed by atoms with Crippen LogP contribution in [0.1, 0.15) is 129 Å². The third-order valence-corrected chi connectivity index (χ3v) is 19.0. The van der Waals surface area contributed by atoms with E-state index >= 15 is 0 Å². The van der Waals surface area contributed by atoms with Crippen molar-refractivity contribution in [2.75, 3.05) is 13.1 Å². The monoisotopic (exact) mass is 794 g/mol. The zero-order valence-electron chi connectivity index (χ0n) is 35.8. The number of nitrogens with zero attached hydrogens (tertiary/aromatic N) is 5. The van der Waals surface area contributed by atoms with E-state index in [-0.39, 0.29) is 49.5 Å². The zero-order valence-corrected chi connectivity index (χ0v) is 36.6. The van der Waals surface area contributed by atoms with Crippen LogP contribution >= 0.6 is 0 Å². The molecule has 2 aromatic heterocycles. The summed E-state index contributed by atoms with van der Waals surface area (Å²) in [4.78, 5) is 21.7. The fourth-order valence-corrected chi connectivity index (χ4v) is 15.4. The van der Waals surface area contributed by atoms with Crippen LogP contribution in [0.15, 0.2) is 65.7 Å². The fourth-order valence-electron chi connectivity index (χ4n) is 14.2. The minimum Gasteiger partial charge on any atom is -0.353 e. The van der Waals surface area contributed by atoms with Crippen LogP contribution in [0, 0.1) is 44.8 Å². The van der Waals surface area contributed by atoms with E-state index in [1.165, 1.54) is 16.0 Å². The molecule has 1 aromatic carbocycles. The number of amides is 1. The number of allylic oxidation sites excluding steroid dienone is 2. The van der Waals surface area contributed by atoms with E-state index in [9.17, 15) is 13.2 Å². The predicted molar refractivity (Wildman–Crippen MR) is 224 cm³/mol. The van der Waals surface area contributed by atoms with Crippen molar-refractivity contribution >= 4 is 15.9 Å². The van der Waals surface area contributed by atoms with E-state index in [2.05, 4.69) is 100 Å². The van der Waals surface area contributed by atoms with E-state index in [1.54, 1.807) is 29.6 Å². The fraction of sp³-hybridized carbons (Fsp3) is 0.681. The standard InChI is InChI=1S/C47H66N6O3S/c1-42(2)20-22-47(41(54)49-34-17-24-52(25-18-34)28-32-12-10-9-11-13-32)23-21-45(6)35(36(47)27-42)14-15-38-44(5)26-33-29-53(57(55,56)39-30-51(8)31-48-39)50-40(33)43(3,4)37(44)16-19-46(38,45)7/h9-14,29-31,34,36-38H,15-28H2,1-8H3,(H,49,54)/t36-,37-,38+,44-,45+,46+,47-/m1/s1. The van der Waals surface area contributed by atoms with Gasteiger partial charge in [-0.2, -0.15) is 17.6 Å². The number of carbonyl (C=O) groups excluding carboxylic acids is 1. The summed E-state index contributed by atoms with van der Waals surface area (Å²) in [5, 5.41) is 8.58. The van der Waals surface area contributed by atoms with Crippen molar-refractivity contribution in [3.05, 3.63) is 77.5 Å². The second-order valence-electron chi connectivity index (χ2n) is 21.5. The molecule has 308 valence electrons. The van der Waals surface area contributed by atoms with Gasteiger partial charge in [0.25, 0.3) is 0 Å². The third kappa shape index (κ3) is 5.90. The lowest BCUT2D eigenvalue weighted by Crippen LogP contribution is -2.65.